The fourth-order valence-corrected chi connectivity index (χ4v) is 2.96. The van der Waals surface area contributed by atoms with Crippen molar-refractivity contribution in [3.8, 4) is 5.75 Å². The summed E-state index contributed by atoms with van der Waals surface area (Å²) >= 11 is 2.31. The molecule has 17 heavy (non-hydrogen) atoms. The molecule has 1 aliphatic rings. The lowest BCUT2D eigenvalue weighted by Gasteiger charge is -2.53. The van der Waals surface area contributed by atoms with Crippen LogP contribution in [-0.2, 0) is 0 Å². The Bertz CT molecular complexity index is 378. The SMILES string of the molecule is CCC1(C)C(NC)CC1Oc1ccc(I)cc1. The van der Waals surface area contributed by atoms with Gasteiger partial charge >= 0.3 is 0 Å². The monoisotopic (exact) mass is 345 g/mol. The first-order valence-electron chi connectivity index (χ1n) is 6.19. The lowest BCUT2D eigenvalue weighted by atomic mass is 9.61. The summed E-state index contributed by atoms with van der Waals surface area (Å²) < 4.78 is 7.35. The molecule has 0 bridgehead atoms. The fraction of sp³-hybridized carbons (Fsp3) is 0.571. The molecule has 94 valence electrons. The Morgan fingerprint density at radius 3 is 2.59 bits per heavy atom. The van der Waals surface area contributed by atoms with E-state index in [2.05, 4.69) is 66.0 Å². The van der Waals surface area contributed by atoms with Crippen LogP contribution in [0.25, 0.3) is 0 Å². The Morgan fingerprint density at radius 2 is 2.06 bits per heavy atom. The van der Waals surface area contributed by atoms with Crippen molar-refractivity contribution >= 4 is 22.6 Å². The maximum atomic E-state index is 6.10. The molecule has 0 saturated heterocycles. The molecule has 1 saturated carbocycles. The molecule has 1 aliphatic carbocycles. The van der Waals surface area contributed by atoms with E-state index in [1.807, 2.05) is 7.05 Å². The zero-order chi connectivity index (χ0) is 12.5. The minimum Gasteiger partial charge on any atom is -0.490 e. The molecule has 1 aromatic rings. The quantitative estimate of drug-likeness (QED) is 0.844. The number of hydrogen-bond donors (Lipinski definition) is 1. The molecule has 2 rings (SSSR count). The summed E-state index contributed by atoms with van der Waals surface area (Å²) in [5, 5.41) is 3.39. The largest absolute Gasteiger partial charge is 0.490 e. The van der Waals surface area contributed by atoms with E-state index >= 15 is 0 Å². The molecule has 1 aromatic carbocycles. The highest BCUT2D eigenvalue weighted by atomic mass is 127. The highest BCUT2D eigenvalue weighted by Crippen LogP contribution is 2.45. The lowest BCUT2D eigenvalue weighted by Crippen LogP contribution is -2.62. The minimum absolute atomic E-state index is 0.262. The van der Waals surface area contributed by atoms with Gasteiger partial charge in [-0.05, 0) is 60.3 Å². The third-order valence-electron chi connectivity index (χ3n) is 4.18. The Hall–Kier alpha value is -0.290. The van der Waals surface area contributed by atoms with E-state index < -0.39 is 0 Å². The first-order chi connectivity index (χ1) is 8.10. The summed E-state index contributed by atoms with van der Waals surface area (Å²) in [7, 11) is 2.04. The van der Waals surface area contributed by atoms with Gasteiger partial charge in [0.25, 0.3) is 0 Å². The standard InChI is InChI=1S/C14H20INO/c1-4-14(2)12(16-3)9-13(14)17-11-7-5-10(15)6-8-11/h5-8,12-13,16H,4,9H2,1-3H3. The van der Waals surface area contributed by atoms with Gasteiger partial charge in [0.1, 0.15) is 11.9 Å². The molecule has 0 amide bonds. The molecule has 3 unspecified atom stereocenters. The highest BCUT2D eigenvalue weighted by Gasteiger charge is 2.51. The van der Waals surface area contributed by atoms with Crippen molar-refractivity contribution in [2.45, 2.75) is 38.8 Å². The predicted octanol–water partition coefficient (Wildman–Crippen LogP) is 3.45. The van der Waals surface area contributed by atoms with Crippen molar-refractivity contribution in [2.75, 3.05) is 7.05 Å². The van der Waals surface area contributed by atoms with Crippen molar-refractivity contribution in [1.82, 2.24) is 5.32 Å². The van der Waals surface area contributed by atoms with Gasteiger partial charge in [0.15, 0.2) is 0 Å². The first kappa shape index (κ1) is 13.1. The predicted molar refractivity (Wildman–Crippen MR) is 79.4 cm³/mol. The summed E-state index contributed by atoms with van der Waals surface area (Å²) in [5.41, 5.74) is 0.262. The number of nitrogens with one attached hydrogen (secondary N) is 1. The van der Waals surface area contributed by atoms with E-state index in [0.29, 0.717) is 12.1 Å². The summed E-state index contributed by atoms with van der Waals surface area (Å²) in [6.07, 6.45) is 2.59. The molecule has 1 fully saturated rings. The second-order valence-corrected chi connectivity index (χ2v) is 6.24. The number of benzene rings is 1. The minimum atomic E-state index is 0.262. The van der Waals surface area contributed by atoms with Crippen LogP contribution in [0.1, 0.15) is 26.7 Å². The number of rotatable bonds is 4. The maximum Gasteiger partial charge on any atom is 0.119 e. The van der Waals surface area contributed by atoms with Gasteiger partial charge in [-0.3, -0.25) is 0 Å². The highest BCUT2D eigenvalue weighted by molar-refractivity contribution is 14.1. The van der Waals surface area contributed by atoms with E-state index in [1.54, 1.807) is 0 Å². The number of hydrogen-bond acceptors (Lipinski definition) is 2. The van der Waals surface area contributed by atoms with Crippen LogP contribution in [0.3, 0.4) is 0 Å². The number of ether oxygens (including phenoxy) is 1. The summed E-state index contributed by atoms with van der Waals surface area (Å²) in [6.45, 7) is 4.56. The van der Waals surface area contributed by atoms with Gasteiger partial charge in [-0.25, -0.2) is 0 Å². The molecular weight excluding hydrogens is 325 g/mol. The maximum absolute atomic E-state index is 6.10. The van der Waals surface area contributed by atoms with Gasteiger partial charge < -0.3 is 10.1 Å². The third-order valence-corrected chi connectivity index (χ3v) is 4.90. The zero-order valence-electron chi connectivity index (χ0n) is 10.7. The molecule has 0 heterocycles. The van der Waals surface area contributed by atoms with Crippen LogP contribution in [-0.4, -0.2) is 19.2 Å². The first-order valence-corrected chi connectivity index (χ1v) is 7.27. The Balaban J connectivity index is 2.03. The number of halogens is 1. The van der Waals surface area contributed by atoms with Crippen molar-refractivity contribution in [3.63, 3.8) is 0 Å². The average molecular weight is 345 g/mol. The van der Waals surface area contributed by atoms with Crippen LogP contribution in [0.15, 0.2) is 24.3 Å². The van der Waals surface area contributed by atoms with E-state index in [0.717, 1.165) is 18.6 Å². The second kappa shape index (κ2) is 5.14. The van der Waals surface area contributed by atoms with Crippen molar-refractivity contribution in [1.29, 1.82) is 0 Å². The average Bonchev–Trinajstić information content (AvgIpc) is 2.35. The van der Waals surface area contributed by atoms with Crippen molar-refractivity contribution in [2.24, 2.45) is 5.41 Å². The molecule has 0 aromatic heterocycles. The smallest absolute Gasteiger partial charge is 0.119 e. The molecule has 3 heteroatoms. The van der Waals surface area contributed by atoms with Crippen LogP contribution >= 0.6 is 22.6 Å². The van der Waals surface area contributed by atoms with Crippen LogP contribution in [0, 0.1) is 8.99 Å². The third kappa shape index (κ3) is 2.45. The van der Waals surface area contributed by atoms with E-state index in [9.17, 15) is 0 Å². The molecule has 0 spiro atoms. The summed E-state index contributed by atoms with van der Waals surface area (Å²) in [6, 6.07) is 8.89. The Morgan fingerprint density at radius 1 is 1.41 bits per heavy atom. The van der Waals surface area contributed by atoms with Gasteiger partial charge in [-0.1, -0.05) is 13.8 Å². The van der Waals surface area contributed by atoms with Crippen LogP contribution in [0.2, 0.25) is 0 Å². The van der Waals surface area contributed by atoms with E-state index in [4.69, 9.17) is 4.74 Å². The van der Waals surface area contributed by atoms with Crippen molar-refractivity contribution < 1.29 is 4.74 Å². The van der Waals surface area contributed by atoms with E-state index in [1.165, 1.54) is 3.57 Å². The van der Waals surface area contributed by atoms with Gasteiger partial charge in [0.05, 0.1) is 0 Å². The summed E-state index contributed by atoms with van der Waals surface area (Å²) in [5.74, 6) is 0.990. The lowest BCUT2D eigenvalue weighted by molar-refractivity contribution is -0.0677. The van der Waals surface area contributed by atoms with Crippen molar-refractivity contribution in [3.05, 3.63) is 27.8 Å². The van der Waals surface area contributed by atoms with Gasteiger partial charge in [-0.15, -0.1) is 0 Å². The van der Waals surface area contributed by atoms with Crippen LogP contribution in [0.4, 0.5) is 0 Å². The normalized spacial score (nSPS) is 32.0. The Kier molecular flexibility index (Phi) is 3.98. The molecule has 0 aliphatic heterocycles. The molecule has 2 nitrogen and oxygen atoms in total. The zero-order valence-corrected chi connectivity index (χ0v) is 12.8. The molecule has 3 atom stereocenters. The van der Waals surface area contributed by atoms with Gasteiger partial charge in [0, 0.05) is 21.4 Å². The molecular formula is C14H20INO. The Labute approximate surface area is 117 Å². The van der Waals surface area contributed by atoms with E-state index in [-0.39, 0.29) is 5.41 Å². The molecule has 0 radical (unpaired) electrons. The fourth-order valence-electron chi connectivity index (χ4n) is 2.60. The topological polar surface area (TPSA) is 21.3 Å². The van der Waals surface area contributed by atoms with Crippen LogP contribution < -0.4 is 10.1 Å². The summed E-state index contributed by atoms with van der Waals surface area (Å²) in [4.78, 5) is 0. The second-order valence-electron chi connectivity index (χ2n) is 5.00. The van der Waals surface area contributed by atoms with Crippen LogP contribution in [0.5, 0.6) is 5.75 Å². The molecule has 1 N–H and O–H groups in total. The van der Waals surface area contributed by atoms with Gasteiger partial charge in [0.2, 0.25) is 0 Å². The van der Waals surface area contributed by atoms with Gasteiger partial charge in [-0.2, -0.15) is 0 Å².